The van der Waals surface area contributed by atoms with E-state index < -0.39 is 0 Å². The molecule has 2 aromatic carbocycles. The fraction of sp³-hybridized carbons (Fsp3) is 0.300. The lowest BCUT2D eigenvalue weighted by Crippen LogP contribution is -2.31. The second-order valence-electron chi connectivity index (χ2n) is 6.04. The zero-order chi connectivity index (χ0) is 17.6. The monoisotopic (exact) mass is 354 g/mol. The Balaban J connectivity index is 1.38. The van der Waals surface area contributed by atoms with Gasteiger partial charge >= 0.3 is 0 Å². The summed E-state index contributed by atoms with van der Waals surface area (Å²) in [4.78, 5) is 27.1. The zero-order valence-corrected chi connectivity index (χ0v) is 15.1. The van der Waals surface area contributed by atoms with Gasteiger partial charge in [0.05, 0.1) is 11.1 Å². The molecule has 0 spiro atoms. The molecular weight excluding hydrogens is 332 g/mol. The Morgan fingerprint density at radius 3 is 2.16 bits per heavy atom. The summed E-state index contributed by atoms with van der Waals surface area (Å²) in [6.45, 7) is 2.19. The van der Waals surface area contributed by atoms with Crippen molar-refractivity contribution in [3.63, 3.8) is 0 Å². The molecule has 25 heavy (non-hydrogen) atoms. The van der Waals surface area contributed by atoms with Crippen molar-refractivity contribution in [2.45, 2.75) is 24.3 Å². The fourth-order valence-corrected chi connectivity index (χ4v) is 3.35. The molecule has 0 saturated carbocycles. The van der Waals surface area contributed by atoms with E-state index in [2.05, 4.69) is 35.8 Å². The summed E-state index contributed by atoms with van der Waals surface area (Å²) in [6.07, 6.45) is 3.81. The van der Waals surface area contributed by atoms with Crippen LogP contribution < -0.4 is 5.32 Å². The number of hydrogen-bond acceptors (Lipinski definition) is 4. The molecule has 0 aromatic heterocycles. The number of nitrogens with one attached hydrogen (secondary N) is 1. The standard InChI is InChI=1S/C20H22N2O2S/c1-25-16-10-8-15(9-11-16)14-21-12-4-5-13-22-19(23)17-6-2-3-7-18(17)20(22)24/h2-3,6-11,21H,4-5,12-14H2,1H3. The van der Waals surface area contributed by atoms with Crippen molar-refractivity contribution >= 4 is 23.6 Å². The lowest BCUT2D eigenvalue weighted by molar-refractivity contribution is 0.0651. The lowest BCUT2D eigenvalue weighted by Gasteiger charge is -2.13. The van der Waals surface area contributed by atoms with Gasteiger partial charge in [-0.3, -0.25) is 14.5 Å². The Morgan fingerprint density at radius 2 is 1.56 bits per heavy atom. The molecule has 0 atom stereocenters. The first kappa shape index (κ1) is 17.7. The predicted molar refractivity (Wildman–Crippen MR) is 101 cm³/mol. The van der Waals surface area contributed by atoms with Crippen LogP contribution in [0.2, 0.25) is 0 Å². The first-order valence-electron chi connectivity index (χ1n) is 8.49. The van der Waals surface area contributed by atoms with Gasteiger partial charge in [-0.1, -0.05) is 24.3 Å². The van der Waals surface area contributed by atoms with E-state index in [4.69, 9.17) is 0 Å². The van der Waals surface area contributed by atoms with Crippen molar-refractivity contribution < 1.29 is 9.59 Å². The Labute approximate surface area is 152 Å². The SMILES string of the molecule is CSc1ccc(CNCCCCN2C(=O)c3ccccc3C2=O)cc1. The van der Waals surface area contributed by atoms with Crippen molar-refractivity contribution in [2.24, 2.45) is 0 Å². The highest BCUT2D eigenvalue weighted by Crippen LogP contribution is 2.22. The van der Waals surface area contributed by atoms with E-state index in [1.807, 2.05) is 0 Å². The average Bonchev–Trinajstić information content (AvgIpc) is 2.90. The molecule has 2 aromatic rings. The second kappa shape index (κ2) is 8.32. The van der Waals surface area contributed by atoms with Crippen LogP contribution in [0.3, 0.4) is 0 Å². The third-order valence-corrected chi connectivity index (χ3v) is 5.10. The van der Waals surface area contributed by atoms with Crippen LogP contribution in [0, 0.1) is 0 Å². The Kier molecular flexibility index (Phi) is 5.89. The number of rotatable bonds is 8. The van der Waals surface area contributed by atoms with Crippen LogP contribution in [-0.4, -0.2) is 36.1 Å². The molecule has 130 valence electrons. The van der Waals surface area contributed by atoms with Gasteiger partial charge in [-0.2, -0.15) is 0 Å². The highest BCUT2D eigenvalue weighted by molar-refractivity contribution is 7.98. The van der Waals surface area contributed by atoms with Gasteiger partial charge in [0.15, 0.2) is 0 Å². The van der Waals surface area contributed by atoms with Gasteiger partial charge in [0, 0.05) is 18.0 Å². The van der Waals surface area contributed by atoms with E-state index in [1.54, 1.807) is 36.0 Å². The number of hydrogen-bond donors (Lipinski definition) is 1. The molecule has 0 radical (unpaired) electrons. The van der Waals surface area contributed by atoms with Crippen LogP contribution in [0.5, 0.6) is 0 Å². The third kappa shape index (κ3) is 4.11. The Hall–Kier alpha value is -2.11. The minimum Gasteiger partial charge on any atom is -0.313 e. The summed E-state index contributed by atoms with van der Waals surface area (Å²) in [6, 6.07) is 15.6. The molecule has 0 aliphatic carbocycles. The predicted octanol–water partition coefficient (Wildman–Crippen LogP) is 3.57. The smallest absolute Gasteiger partial charge is 0.261 e. The summed E-state index contributed by atoms with van der Waals surface area (Å²) in [7, 11) is 0. The van der Waals surface area contributed by atoms with Gasteiger partial charge in [-0.15, -0.1) is 11.8 Å². The summed E-state index contributed by atoms with van der Waals surface area (Å²) in [5.41, 5.74) is 2.32. The minimum atomic E-state index is -0.164. The molecule has 1 aliphatic rings. The first-order chi connectivity index (χ1) is 12.2. The topological polar surface area (TPSA) is 49.4 Å². The highest BCUT2D eigenvalue weighted by atomic mass is 32.2. The summed E-state index contributed by atoms with van der Waals surface area (Å²) < 4.78 is 0. The molecule has 2 amide bonds. The van der Waals surface area contributed by atoms with Gasteiger partial charge in [-0.25, -0.2) is 0 Å². The van der Waals surface area contributed by atoms with Gasteiger partial charge in [0.1, 0.15) is 0 Å². The normalized spacial score (nSPS) is 13.4. The number of fused-ring (bicyclic) bond motifs is 1. The van der Waals surface area contributed by atoms with Crippen molar-refractivity contribution in [1.29, 1.82) is 0 Å². The molecule has 0 bridgehead atoms. The summed E-state index contributed by atoms with van der Waals surface area (Å²) in [5.74, 6) is -0.329. The lowest BCUT2D eigenvalue weighted by atomic mass is 10.1. The largest absolute Gasteiger partial charge is 0.313 e. The minimum absolute atomic E-state index is 0.164. The molecule has 4 nitrogen and oxygen atoms in total. The Morgan fingerprint density at radius 1 is 0.920 bits per heavy atom. The molecule has 1 N–H and O–H groups in total. The van der Waals surface area contributed by atoms with Crippen LogP contribution in [-0.2, 0) is 6.54 Å². The van der Waals surface area contributed by atoms with E-state index >= 15 is 0 Å². The van der Waals surface area contributed by atoms with Crippen molar-refractivity contribution in [3.05, 3.63) is 65.2 Å². The van der Waals surface area contributed by atoms with Crippen LogP contribution in [0.25, 0.3) is 0 Å². The average molecular weight is 354 g/mol. The fourth-order valence-electron chi connectivity index (χ4n) is 2.94. The molecule has 0 saturated heterocycles. The quantitative estimate of drug-likeness (QED) is 0.447. The number of amides is 2. The number of carbonyl (C=O) groups excluding carboxylic acids is 2. The molecule has 1 heterocycles. The van der Waals surface area contributed by atoms with Gasteiger partial charge in [0.2, 0.25) is 0 Å². The molecule has 1 aliphatic heterocycles. The van der Waals surface area contributed by atoms with E-state index in [-0.39, 0.29) is 11.8 Å². The van der Waals surface area contributed by atoms with Gasteiger partial charge in [-0.05, 0) is 55.5 Å². The zero-order valence-electron chi connectivity index (χ0n) is 14.3. The van der Waals surface area contributed by atoms with E-state index in [9.17, 15) is 9.59 Å². The number of thioether (sulfide) groups is 1. The van der Waals surface area contributed by atoms with Crippen LogP contribution in [0.1, 0.15) is 39.1 Å². The molecule has 3 rings (SSSR count). The maximum Gasteiger partial charge on any atom is 0.261 e. The van der Waals surface area contributed by atoms with Crippen molar-refractivity contribution in [1.82, 2.24) is 10.2 Å². The van der Waals surface area contributed by atoms with E-state index in [0.29, 0.717) is 17.7 Å². The van der Waals surface area contributed by atoms with Crippen molar-refractivity contribution in [3.8, 4) is 0 Å². The number of nitrogens with zero attached hydrogens (tertiary/aromatic N) is 1. The van der Waals surface area contributed by atoms with E-state index in [1.165, 1.54) is 15.4 Å². The van der Waals surface area contributed by atoms with Crippen LogP contribution >= 0.6 is 11.8 Å². The number of imide groups is 1. The highest BCUT2D eigenvalue weighted by Gasteiger charge is 2.34. The van der Waals surface area contributed by atoms with E-state index in [0.717, 1.165) is 25.9 Å². The molecular formula is C20H22N2O2S. The van der Waals surface area contributed by atoms with Crippen LogP contribution in [0.15, 0.2) is 53.4 Å². The Bertz CT molecular complexity index is 724. The first-order valence-corrected chi connectivity index (χ1v) is 9.72. The molecule has 5 heteroatoms. The number of unbranched alkanes of at least 4 members (excludes halogenated alkanes) is 1. The maximum absolute atomic E-state index is 12.3. The molecule has 0 unspecified atom stereocenters. The number of benzene rings is 2. The third-order valence-electron chi connectivity index (χ3n) is 4.35. The van der Waals surface area contributed by atoms with Gasteiger partial charge < -0.3 is 5.32 Å². The summed E-state index contributed by atoms with van der Waals surface area (Å²) in [5, 5.41) is 3.41. The second-order valence-corrected chi connectivity index (χ2v) is 6.92. The van der Waals surface area contributed by atoms with Gasteiger partial charge in [0.25, 0.3) is 11.8 Å². The summed E-state index contributed by atoms with van der Waals surface area (Å²) >= 11 is 1.74. The van der Waals surface area contributed by atoms with Crippen LogP contribution in [0.4, 0.5) is 0 Å². The maximum atomic E-state index is 12.3. The van der Waals surface area contributed by atoms with Crippen molar-refractivity contribution in [2.75, 3.05) is 19.3 Å². The number of carbonyl (C=O) groups is 2. The molecule has 0 fully saturated rings.